The van der Waals surface area contributed by atoms with E-state index in [1.807, 2.05) is 32.0 Å². The molecule has 0 aliphatic carbocycles. The maximum atomic E-state index is 12.5. The van der Waals surface area contributed by atoms with Crippen LogP contribution in [-0.2, 0) is 16.4 Å². The maximum absolute atomic E-state index is 12.5. The fourth-order valence-corrected chi connectivity index (χ4v) is 4.63. The van der Waals surface area contributed by atoms with Crippen molar-refractivity contribution in [1.29, 1.82) is 0 Å². The van der Waals surface area contributed by atoms with Crippen LogP contribution in [-0.4, -0.2) is 8.42 Å². The first-order valence-corrected chi connectivity index (χ1v) is 9.48. The summed E-state index contributed by atoms with van der Waals surface area (Å²) in [5, 5.41) is 0. The first-order valence-electron chi connectivity index (χ1n) is 6.41. The largest absolute Gasteiger partial charge is 0.280 e. The predicted molar refractivity (Wildman–Crippen MR) is 93.2 cm³/mol. The number of anilines is 1. The zero-order valence-electron chi connectivity index (χ0n) is 11.7. The summed E-state index contributed by atoms with van der Waals surface area (Å²) < 4.78 is 29.0. The van der Waals surface area contributed by atoms with Crippen LogP contribution >= 0.6 is 31.9 Å². The highest BCUT2D eigenvalue weighted by molar-refractivity contribution is 9.11. The molecule has 2 aromatic carbocycles. The third kappa shape index (κ3) is 3.87. The van der Waals surface area contributed by atoms with Crippen molar-refractivity contribution in [2.45, 2.75) is 25.2 Å². The van der Waals surface area contributed by atoms with Gasteiger partial charge in [0, 0.05) is 14.6 Å². The molecule has 0 spiro atoms. The van der Waals surface area contributed by atoms with E-state index >= 15 is 0 Å². The fraction of sp³-hybridized carbons (Fsp3) is 0.200. The summed E-state index contributed by atoms with van der Waals surface area (Å²) in [4.78, 5) is 0.210. The van der Waals surface area contributed by atoms with Gasteiger partial charge in [-0.3, -0.25) is 4.72 Å². The molecule has 21 heavy (non-hydrogen) atoms. The molecule has 3 nitrogen and oxygen atoms in total. The van der Waals surface area contributed by atoms with E-state index in [0.29, 0.717) is 10.2 Å². The van der Waals surface area contributed by atoms with Crippen LogP contribution in [0.3, 0.4) is 0 Å². The first kappa shape index (κ1) is 16.5. The number of benzene rings is 2. The van der Waals surface area contributed by atoms with Gasteiger partial charge in [0.15, 0.2) is 0 Å². The van der Waals surface area contributed by atoms with E-state index in [9.17, 15) is 8.42 Å². The minimum absolute atomic E-state index is 0.210. The van der Waals surface area contributed by atoms with E-state index in [1.54, 1.807) is 18.2 Å². The molecule has 0 amide bonds. The molecule has 2 rings (SSSR count). The zero-order valence-corrected chi connectivity index (χ0v) is 15.6. The zero-order chi connectivity index (χ0) is 15.6. The molecule has 6 heteroatoms. The second kappa shape index (κ2) is 6.50. The van der Waals surface area contributed by atoms with E-state index < -0.39 is 10.0 Å². The quantitative estimate of drug-likeness (QED) is 0.747. The fourth-order valence-electron chi connectivity index (χ4n) is 1.90. The van der Waals surface area contributed by atoms with Crippen LogP contribution in [0.25, 0.3) is 0 Å². The summed E-state index contributed by atoms with van der Waals surface area (Å²) >= 11 is 6.69. The number of aryl methyl sites for hydroxylation is 2. The van der Waals surface area contributed by atoms with Crippen LogP contribution in [0.15, 0.2) is 50.2 Å². The number of nitrogens with one attached hydrogen (secondary N) is 1. The van der Waals surface area contributed by atoms with Gasteiger partial charge in [-0.25, -0.2) is 8.42 Å². The van der Waals surface area contributed by atoms with Crippen molar-refractivity contribution in [2.75, 3.05) is 4.72 Å². The van der Waals surface area contributed by atoms with Crippen LogP contribution in [0.1, 0.15) is 18.1 Å². The Morgan fingerprint density at radius 3 is 2.48 bits per heavy atom. The molecule has 1 N–H and O–H groups in total. The van der Waals surface area contributed by atoms with E-state index in [0.717, 1.165) is 22.0 Å². The molecule has 2 aromatic rings. The van der Waals surface area contributed by atoms with Crippen molar-refractivity contribution in [3.63, 3.8) is 0 Å². The van der Waals surface area contributed by atoms with Crippen LogP contribution in [0.5, 0.6) is 0 Å². The Morgan fingerprint density at radius 2 is 1.81 bits per heavy atom. The molecule has 112 valence electrons. The topological polar surface area (TPSA) is 46.2 Å². The summed E-state index contributed by atoms with van der Waals surface area (Å²) in [6, 6.07) is 10.8. The number of rotatable bonds is 4. The van der Waals surface area contributed by atoms with Crippen molar-refractivity contribution in [3.05, 3.63) is 56.5 Å². The normalized spacial score (nSPS) is 11.4. The predicted octanol–water partition coefficient (Wildman–Crippen LogP) is 4.88. The maximum Gasteiger partial charge on any atom is 0.263 e. The van der Waals surface area contributed by atoms with Gasteiger partial charge in [-0.05, 0) is 64.7 Å². The van der Waals surface area contributed by atoms with Gasteiger partial charge in [0.2, 0.25) is 0 Å². The van der Waals surface area contributed by atoms with Gasteiger partial charge >= 0.3 is 0 Å². The van der Waals surface area contributed by atoms with E-state index in [-0.39, 0.29) is 4.90 Å². The molecule has 0 saturated carbocycles. The van der Waals surface area contributed by atoms with Crippen LogP contribution in [0, 0.1) is 6.92 Å². The number of hydrogen-bond acceptors (Lipinski definition) is 2. The molecule has 0 heterocycles. The highest BCUT2D eigenvalue weighted by atomic mass is 79.9. The Morgan fingerprint density at radius 1 is 1.10 bits per heavy atom. The number of halogens is 2. The lowest BCUT2D eigenvalue weighted by Gasteiger charge is -2.12. The molecule has 0 saturated heterocycles. The SMILES string of the molecule is CCc1cccc(NS(=O)(=O)c2cc(Br)c(C)cc2Br)c1. The van der Waals surface area contributed by atoms with Gasteiger partial charge in [-0.1, -0.05) is 35.0 Å². The lowest BCUT2D eigenvalue weighted by molar-refractivity contribution is 0.600. The minimum atomic E-state index is -3.64. The molecular weight excluding hydrogens is 418 g/mol. The average Bonchev–Trinajstić information content (AvgIpc) is 2.42. The highest BCUT2D eigenvalue weighted by Crippen LogP contribution is 2.30. The Bertz CT molecular complexity index is 773. The Kier molecular flexibility index (Phi) is 5.11. The smallest absolute Gasteiger partial charge is 0.263 e. The third-order valence-electron chi connectivity index (χ3n) is 3.09. The Hall–Kier alpha value is -0.850. The standard InChI is InChI=1S/C15H15Br2NO2S/c1-3-11-5-4-6-12(8-11)18-21(19,20)15-9-13(16)10(2)7-14(15)17/h4-9,18H,3H2,1-2H3. The first-order chi connectivity index (χ1) is 9.83. The average molecular weight is 433 g/mol. The van der Waals surface area contributed by atoms with Gasteiger partial charge in [0.1, 0.15) is 4.90 Å². The molecule has 0 aliphatic rings. The van der Waals surface area contributed by atoms with Gasteiger partial charge in [-0.15, -0.1) is 0 Å². The second-order valence-corrected chi connectivity index (χ2v) is 8.05. The Labute approximate surface area is 142 Å². The lowest BCUT2D eigenvalue weighted by Crippen LogP contribution is -2.14. The highest BCUT2D eigenvalue weighted by Gasteiger charge is 2.19. The van der Waals surface area contributed by atoms with Gasteiger partial charge in [0.25, 0.3) is 10.0 Å². The van der Waals surface area contributed by atoms with Crippen molar-refractivity contribution in [2.24, 2.45) is 0 Å². The summed E-state index contributed by atoms with van der Waals surface area (Å²) in [6.45, 7) is 3.94. The third-order valence-corrected chi connectivity index (χ3v) is 6.28. The van der Waals surface area contributed by atoms with Crippen molar-refractivity contribution >= 4 is 47.6 Å². The molecule has 0 fully saturated rings. The van der Waals surface area contributed by atoms with Crippen molar-refractivity contribution in [3.8, 4) is 0 Å². The molecule has 0 radical (unpaired) electrons. The van der Waals surface area contributed by atoms with Crippen LogP contribution in [0.4, 0.5) is 5.69 Å². The molecule has 0 unspecified atom stereocenters. The molecule has 0 bridgehead atoms. The Balaban J connectivity index is 2.40. The van der Waals surface area contributed by atoms with Crippen LogP contribution < -0.4 is 4.72 Å². The molecular formula is C15H15Br2NO2S. The molecule has 0 atom stereocenters. The van der Waals surface area contributed by atoms with Crippen molar-refractivity contribution in [1.82, 2.24) is 0 Å². The van der Waals surface area contributed by atoms with Gasteiger partial charge in [0.05, 0.1) is 0 Å². The van der Waals surface area contributed by atoms with E-state index in [1.165, 1.54) is 0 Å². The van der Waals surface area contributed by atoms with Gasteiger partial charge < -0.3 is 0 Å². The summed E-state index contributed by atoms with van der Waals surface area (Å²) in [5.41, 5.74) is 2.62. The molecule has 0 aliphatic heterocycles. The van der Waals surface area contributed by atoms with E-state index in [2.05, 4.69) is 36.6 Å². The number of hydrogen-bond donors (Lipinski definition) is 1. The second-order valence-electron chi connectivity index (χ2n) is 4.69. The molecule has 0 aromatic heterocycles. The summed E-state index contributed by atoms with van der Waals surface area (Å²) in [5.74, 6) is 0. The van der Waals surface area contributed by atoms with Crippen molar-refractivity contribution < 1.29 is 8.42 Å². The van der Waals surface area contributed by atoms with Gasteiger partial charge in [-0.2, -0.15) is 0 Å². The monoisotopic (exact) mass is 431 g/mol. The summed E-state index contributed by atoms with van der Waals surface area (Å²) in [6.07, 6.45) is 0.856. The van der Waals surface area contributed by atoms with E-state index in [4.69, 9.17) is 0 Å². The lowest BCUT2D eigenvalue weighted by atomic mass is 10.1. The summed E-state index contributed by atoms with van der Waals surface area (Å²) in [7, 11) is -3.64. The van der Waals surface area contributed by atoms with Crippen LogP contribution in [0.2, 0.25) is 0 Å². The number of sulfonamides is 1. The minimum Gasteiger partial charge on any atom is -0.280 e.